The highest BCUT2D eigenvalue weighted by Crippen LogP contribution is 2.31. The summed E-state index contributed by atoms with van der Waals surface area (Å²) in [5.74, 6) is -0.497. The Hall–Kier alpha value is -2.41. The lowest BCUT2D eigenvalue weighted by molar-refractivity contribution is -0.138. The second-order valence-corrected chi connectivity index (χ2v) is 7.72. The lowest BCUT2D eigenvalue weighted by Crippen LogP contribution is -2.55. The molecule has 0 spiro atoms. The van der Waals surface area contributed by atoms with E-state index in [0.717, 1.165) is 43.6 Å². The van der Waals surface area contributed by atoms with Crippen LogP contribution in [0, 0.1) is 5.82 Å². The van der Waals surface area contributed by atoms with E-state index >= 15 is 0 Å². The van der Waals surface area contributed by atoms with E-state index in [2.05, 4.69) is 5.32 Å². The standard InChI is InChI=1S/C22H24F4N2O/c1-21(10-12-27-13-11-21)28(15-17-4-8-19(23)9-5-17)20(29)14-16-2-6-18(7-3-16)22(24,25)26/h2-9,27H,10-15H2,1H3. The van der Waals surface area contributed by atoms with Gasteiger partial charge < -0.3 is 10.2 Å². The molecule has 0 aromatic heterocycles. The summed E-state index contributed by atoms with van der Waals surface area (Å²) in [6, 6.07) is 10.7. The minimum absolute atomic E-state index is 0.0162. The van der Waals surface area contributed by atoms with Crippen LogP contribution in [0.2, 0.25) is 0 Å². The van der Waals surface area contributed by atoms with Gasteiger partial charge in [-0.2, -0.15) is 13.2 Å². The molecule has 29 heavy (non-hydrogen) atoms. The van der Waals surface area contributed by atoms with Crippen LogP contribution in [-0.2, 0) is 23.9 Å². The highest BCUT2D eigenvalue weighted by atomic mass is 19.4. The van der Waals surface area contributed by atoms with Crippen LogP contribution in [0.4, 0.5) is 17.6 Å². The summed E-state index contributed by atoms with van der Waals surface area (Å²) in [5, 5.41) is 3.28. The molecule has 1 aliphatic rings. The van der Waals surface area contributed by atoms with Gasteiger partial charge in [-0.25, -0.2) is 4.39 Å². The van der Waals surface area contributed by atoms with Gasteiger partial charge in [-0.15, -0.1) is 0 Å². The van der Waals surface area contributed by atoms with Crippen molar-refractivity contribution >= 4 is 5.91 Å². The summed E-state index contributed by atoms with van der Waals surface area (Å²) >= 11 is 0. The Morgan fingerprint density at radius 2 is 1.55 bits per heavy atom. The third-order valence-corrected chi connectivity index (χ3v) is 5.52. The molecule has 3 nitrogen and oxygen atoms in total. The van der Waals surface area contributed by atoms with Crippen molar-refractivity contribution in [3.05, 3.63) is 71.0 Å². The third kappa shape index (κ3) is 5.35. The lowest BCUT2D eigenvalue weighted by Gasteiger charge is -2.44. The fraction of sp³-hybridized carbons (Fsp3) is 0.409. The van der Waals surface area contributed by atoms with Crippen molar-refractivity contribution in [2.75, 3.05) is 13.1 Å². The van der Waals surface area contributed by atoms with Crippen molar-refractivity contribution in [2.45, 2.75) is 44.4 Å². The van der Waals surface area contributed by atoms with E-state index in [-0.39, 0.29) is 23.7 Å². The van der Waals surface area contributed by atoms with Gasteiger partial charge in [-0.05, 0) is 68.2 Å². The predicted octanol–water partition coefficient (Wildman–Crippen LogP) is 4.56. The van der Waals surface area contributed by atoms with Crippen LogP contribution in [0.1, 0.15) is 36.5 Å². The minimum atomic E-state index is -4.40. The number of carbonyl (C=O) groups is 1. The molecule has 0 radical (unpaired) electrons. The average Bonchev–Trinajstić information content (AvgIpc) is 2.67. The summed E-state index contributed by atoms with van der Waals surface area (Å²) < 4.78 is 51.5. The molecule has 0 unspecified atom stereocenters. The van der Waals surface area contributed by atoms with Gasteiger partial charge >= 0.3 is 6.18 Å². The normalized spacial score (nSPS) is 16.4. The predicted molar refractivity (Wildman–Crippen MR) is 103 cm³/mol. The zero-order valence-electron chi connectivity index (χ0n) is 16.2. The van der Waals surface area contributed by atoms with Crippen LogP contribution in [0.25, 0.3) is 0 Å². The van der Waals surface area contributed by atoms with Crippen molar-refractivity contribution < 1.29 is 22.4 Å². The van der Waals surface area contributed by atoms with E-state index in [1.54, 1.807) is 17.0 Å². The van der Waals surface area contributed by atoms with Crippen LogP contribution in [-0.4, -0.2) is 29.4 Å². The highest BCUT2D eigenvalue weighted by Gasteiger charge is 2.36. The SMILES string of the molecule is CC1(N(Cc2ccc(F)cc2)C(=O)Cc2ccc(C(F)(F)F)cc2)CCNCC1. The number of benzene rings is 2. The highest BCUT2D eigenvalue weighted by molar-refractivity contribution is 5.79. The molecule has 156 valence electrons. The van der Waals surface area contributed by atoms with Crippen molar-refractivity contribution in [3.8, 4) is 0 Å². The molecule has 7 heteroatoms. The summed E-state index contributed by atoms with van der Waals surface area (Å²) in [6.07, 6.45) is -2.85. The van der Waals surface area contributed by atoms with Crippen LogP contribution in [0.15, 0.2) is 48.5 Å². The zero-order valence-corrected chi connectivity index (χ0v) is 16.2. The van der Waals surface area contributed by atoms with E-state index in [9.17, 15) is 22.4 Å². The van der Waals surface area contributed by atoms with Gasteiger partial charge in [0.1, 0.15) is 5.82 Å². The molecule has 1 aliphatic heterocycles. The quantitative estimate of drug-likeness (QED) is 0.736. The molecule has 3 rings (SSSR count). The Bertz CT molecular complexity index is 825. The number of nitrogens with one attached hydrogen (secondary N) is 1. The number of amides is 1. The first-order valence-electron chi connectivity index (χ1n) is 9.59. The van der Waals surface area contributed by atoms with Crippen LogP contribution >= 0.6 is 0 Å². The molecule has 2 aromatic rings. The van der Waals surface area contributed by atoms with Gasteiger partial charge in [0.2, 0.25) is 5.91 Å². The molecule has 0 bridgehead atoms. The third-order valence-electron chi connectivity index (χ3n) is 5.52. The maximum absolute atomic E-state index is 13.2. The summed E-state index contributed by atoms with van der Waals surface area (Å²) in [4.78, 5) is 15.0. The number of rotatable bonds is 5. The number of hydrogen-bond donors (Lipinski definition) is 1. The van der Waals surface area contributed by atoms with Gasteiger partial charge in [0.25, 0.3) is 0 Å². The fourth-order valence-electron chi connectivity index (χ4n) is 3.67. The smallest absolute Gasteiger partial charge is 0.333 e. The average molecular weight is 408 g/mol. The van der Waals surface area contributed by atoms with Gasteiger partial charge in [0.15, 0.2) is 0 Å². The molecular weight excluding hydrogens is 384 g/mol. The Kier molecular flexibility index (Phi) is 6.27. The van der Waals surface area contributed by atoms with E-state index in [4.69, 9.17) is 0 Å². The van der Waals surface area contributed by atoms with Crippen LogP contribution in [0.3, 0.4) is 0 Å². The second kappa shape index (κ2) is 8.53. The maximum atomic E-state index is 13.2. The Labute approximate surface area is 167 Å². The largest absolute Gasteiger partial charge is 0.416 e. The lowest BCUT2D eigenvalue weighted by atomic mass is 9.87. The molecule has 1 fully saturated rings. The summed E-state index contributed by atoms with van der Waals surface area (Å²) in [6.45, 7) is 3.92. The number of hydrogen-bond acceptors (Lipinski definition) is 2. The van der Waals surface area contributed by atoms with Crippen molar-refractivity contribution in [2.24, 2.45) is 0 Å². The Morgan fingerprint density at radius 3 is 2.10 bits per heavy atom. The monoisotopic (exact) mass is 408 g/mol. The van der Waals surface area contributed by atoms with Crippen molar-refractivity contribution in [1.29, 1.82) is 0 Å². The minimum Gasteiger partial charge on any atom is -0.333 e. The van der Waals surface area contributed by atoms with Crippen LogP contribution in [0.5, 0.6) is 0 Å². The van der Waals surface area contributed by atoms with E-state index in [1.165, 1.54) is 24.3 Å². The first-order chi connectivity index (χ1) is 13.7. The van der Waals surface area contributed by atoms with Crippen LogP contribution < -0.4 is 5.32 Å². The summed E-state index contributed by atoms with van der Waals surface area (Å²) in [7, 11) is 0. The van der Waals surface area contributed by atoms with Gasteiger partial charge in [0, 0.05) is 12.1 Å². The number of nitrogens with zero attached hydrogens (tertiary/aromatic N) is 1. The van der Waals surface area contributed by atoms with Gasteiger partial charge in [-0.3, -0.25) is 4.79 Å². The number of piperidine rings is 1. The molecule has 1 amide bonds. The molecule has 1 heterocycles. The zero-order chi connectivity index (χ0) is 21.1. The topological polar surface area (TPSA) is 32.3 Å². The number of alkyl halides is 3. The van der Waals surface area contributed by atoms with Crippen molar-refractivity contribution in [3.63, 3.8) is 0 Å². The second-order valence-electron chi connectivity index (χ2n) is 7.72. The Balaban J connectivity index is 1.80. The first-order valence-corrected chi connectivity index (χ1v) is 9.59. The van der Waals surface area contributed by atoms with E-state index < -0.39 is 11.7 Å². The molecule has 0 saturated carbocycles. The molecule has 1 N–H and O–H groups in total. The summed E-state index contributed by atoms with van der Waals surface area (Å²) in [5.41, 5.74) is 0.238. The molecule has 0 aliphatic carbocycles. The van der Waals surface area contributed by atoms with Crippen molar-refractivity contribution in [1.82, 2.24) is 10.2 Å². The fourth-order valence-corrected chi connectivity index (χ4v) is 3.67. The van der Waals surface area contributed by atoms with Gasteiger partial charge in [-0.1, -0.05) is 24.3 Å². The molecular formula is C22H24F4N2O. The van der Waals surface area contributed by atoms with E-state index in [0.29, 0.717) is 12.1 Å². The first kappa shape index (κ1) is 21.3. The molecule has 2 aromatic carbocycles. The number of carbonyl (C=O) groups excluding carboxylic acids is 1. The Morgan fingerprint density at radius 1 is 1.00 bits per heavy atom. The maximum Gasteiger partial charge on any atom is 0.416 e. The molecule has 1 saturated heterocycles. The van der Waals surface area contributed by atoms with E-state index in [1.807, 2.05) is 6.92 Å². The number of halogens is 4. The molecule has 0 atom stereocenters. The van der Waals surface area contributed by atoms with Gasteiger partial charge in [0.05, 0.1) is 12.0 Å².